The maximum atomic E-state index is 12.5. The second kappa shape index (κ2) is 8.57. The minimum Gasteiger partial charge on any atom is -0.396 e. The monoisotopic (exact) mass is 309 g/mol. The van der Waals surface area contributed by atoms with Gasteiger partial charge in [-0.1, -0.05) is 36.4 Å². The zero-order valence-electron chi connectivity index (χ0n) is 12.8. The summed E-state index contributed by atoms with van der Waals surface area (Å²) in [6.07, 6.45) is 0.512. The van der Waals surface area contributed by atoms with Crippen LogP contribution >= 0.6 is 0 Å². The van der Waals surface area contributed by atoms with E-state index < -0.39 is 0 Å². The third kappa shape index (κ3) is 5.13. The average Bonchev–Trinajstić information content (AvgIpc) is 2.59. The molecule has 5 nitrogen and oxygen atoms in total. The number of aliphatic hydroxyl groups is 1. The molecule has 2 N–H and O–H groups in total. The van der Waals surface area contributed by atoms with Crippen molar-refractivity contribution in [3.8, 4) is 6.07 Å². The number of hydrogen-bond acceptors (Lipinski definition) is 3. The first-order valence-corrected chi connectivity index (χ1v) is 7.44. The second-order valence-corrected chi connectivity index (χ2v) is 5.11. The van der Waals surface area contributed by atoms with E-state index in [1.807, 2.05) is 36.4 Å². The number of nitrogens with zero attached hydrogens (tertiary/aromatic N) is 2. The quantitative estimate of drug-likeness (QED) is 0.861. The topological polar surface area (TPSA) is 76.4 Å². The van der Waals surface area contributed by atoms with Gasteiger partial charge >= 0.3 is 6.03 Å². The number of carbonyl (C=O) groups excluding carboxylic acids is 1. The molecule has 23 heavy (non-hydrogen) atoms. The van der Waals surface area contributed by atoms with E-state index in [1.54, 1.807) is 29.2 Å². The van der Waals surface area contributed by atoms with E-state index in [0.29, 0.717) is 30.8 Å². The van der Waals surface area contributed by atoms with Crippen molar-refractivity contribution >= 4 is 11.7 Å². The summed E-state index contributed by atoms with van der Waals surface area (Å²) in [4.78, 5) is 14.1. The van der Waals surface area contributed by atoms with Crippen molar-refractivity contribution < 1.29 is 9.90 Å². The molecule has 0 aliphatic heterocycles. The van der Waals surface area contributed by atoms with Crippen LogP contribution in [0.1, 0.15) is 17.5 Å². The largest absolute Gasteiger partial charge is 0.396 e. The van der Waals surface area contributed by atoms with Crippen molar-refractivity contribution in [3.05, 3.63) is 65.7 Å². The third-order valence-electron chi connectivity index (χ3n) is 3.33. The molecule has 2 aromatic rings. The molecule has 2 rings (SSSR count). The summed E-state index contributed by atoms with van der Waals surface area (Å²) >= 11 is 0. The molecule has 0 aromatic heterocycles. The molecular weight excluding hydrogens is 290 g/mol. The van der Waals surface area contributed by atoms with Gasteiger partial charge in [0.1, 0.15) is 0 Å². The van der Waals surface area contributed by atoms with Gasteiger partial charge in [0.25, 0.3) is 0 Å². The third-order valence-corrected chi connectivity index (χ3v) is 3.33. The lowest BCUT2D eigenvalue weighted by Gasteiger charge is -2.23. The first-order chi connectivity index (χ1) is 11.2. The Bertz CT molecular complexity index is 680. The molecule has 0 atom stereocenters. The number of rotatable bonds is 6. The Kier molecular flexibility index (Phi) is 6.16. The first kappa shape index (κ1) is 16.5. The van der Waals surface area contributed by atoms with Gasteiger partial charge in [0.2, 0.25) is 0 Å². The standard InChI is InChI=1S/C18H19N3O2/c19-13-16-8-4-9-17(12-16)20-18(23)21(10-5-11-22)14-15-6-2-1-3-7-15/h1-4,6-9,12,22H,5,10-11,14H2,(H,20,23). The number of urea groups is 1. The van der Waals surface area contributed by atoms with Crippen LogP contribution in [-0.2, 0) is 6.54 Å². The van der Waals surface area contributed by atoms with Gasteiger partial charge in [-0.2, -0.15) is 5.26 Å². The SMILES string of the molecule is N#Cc1cccc(NC(=O)N(CCCO)Cc2ccccc2)c1. The Morgan fingerprint density at radius 2 is 1.96 bits per heavy atom. The van der Waals surface area contributed by atoms with Gasteiger partial charge in [-0.15, -0.1) is 0 Å². The minimum absolute atomic E-state index is 0.0302. The summed E-state index contributed by atoms with van der Waals surface area (Å²) in [5, 5.41) is 20.7. The number of nitriles is 1. The van der Waals surface area contributed by atoms with Gasteiger partial charge in [0.15, 0.2) is 0 Å². The van der Waals surface area contributed by atoms with E-state index in [0.717, 1.165) is 5.56 Å². The molecular formula is C18H19N3O2. The van der Waals surface area contributed by atoms with Gasteiger partial charge in [0, 0.05) is 25.4 Å². The van der Waals surface area contributed by atoms with Gasteiger partial charge in [0.05, 0.1) is 11.6 Å². The maximum Gasteiger partial charge on any atom is 0.322 e. The van der Waals surface area contributed by atoms with Crippen molar-refractivity contribution in [3.63, 3.8) is 0 Å². The molecule has 2 amide bonds. The van der Waals surface area contributed by atoms with Crippen LogP contribution in [0, 0.1) is 11.3 Å². The predicted molar refractivity (Wildman–Crippen MR) is 88.7 cm³/mol. The van der Waals surface area contributed by atoms with Gasteiger partial charge in [-0.05, 0) is 30.2 Å². The van der Waals surface area contributed by atoms with Crippen LogP contribution in [0.5, 0.6) is 0 Å². The fraction of sp³-hybridized carbons (Fsp3) is 0.222. The van der Waals surface area contributed by atoms with Crippen LogP contribution < -0.4 is 5.32 Å². The smallest absolute Gasteiger partial charge is 0.322 e. The number of amides is 2. The van der Waals surface area contributed by atoms with Crippen LogP contribution in [0.2, 0.25) is 0 Å². The Morgan fingerprint density at radius 1 is 1.17 bits per heavy atom. The normalized spacial score (nSPS) is 9.91. The highest BCUT2D eigenvalue weighted by Crippen LogP contribution is 2.12. The molecule has 2 aromatic carbocycles. The van der Waals surface area contributed by atoms with Crippen molar-refractivity contribution in [2.75, 3.05) is 18.5 Å². The van der Waals surface area contributed by atoms with Gasteiger partial charge in [-0.3, -0.25) is 0 Å². The van der Waals surface area contributed by atoms with Crippen LogP contribution in [0.4, 0.5) is 10.5 Å². The fourth-order valence-corrected chi connectivity index (χ4v) is 2.19. The predicted octanol–water partition coefficient (Wildman–Crippen LogP) is 2.97. The molecule has 118 valence electrons. The molecule has 0 radical (unpaired) electrons. The highest BCUT2D eigenvalue weighted by Gasteiger charge is 2.14. The van der Waals surface area contributed by atoms with E-state index in [-0.39, 0.29) is 12.6 Å². The molecule has 0 aliphatic rings. The summed E-state index contributed by atoms with van der Waals surface area (Å²) in [6.45, 7) is 0.947. The number of aliphatic hydroxyl groups excluding tert-OH is 1. The first-order valence-electron chi connectivity index (χ1n) is 7.44. The lowest BCUT2D eigenvalue weighted by atomic mass is 10.2. The van der Waals surface area contributed by atoms with Crippen LogP contribution in [0.25, 0.3) is 0 Å². The number of carbonyl (C=O) groups is 1. The number of benzene rings is 2. The van der Waals surface area contributed by atoms with Crippen molar-refractivity contribution in [2.24, 2.45) is 0 Å². The summed E-state index contributed by atoms with van der Waals surface area (Å²) in [7, 11) is 0. The van der Waals surface area contributed by atoms with E-state index in [2.05, 4.69) is 5.32 Å². The van der Waals surface area contributed by atoms with Crippen LogP contribution in [0.3, 0.4) is 0 Å². The lowest BCUT2D eigenvalue weighted by Crippen LogP contribution is -2.35. The highest BCUT2D eigenvalue weighted by molar-refractivity contribution is 5.89. The number of hydrogen-bond donors (Lipinski definition) is 2. The lowest BCUT2D eigenvalue weighted by molar-refractivity contribution is 0.199. The number of nitrogens with one attached hydrogen (secondary N) is 1. The summed E-state index contributed by atoms with van der Waals surface area (Å²) in [5.74, 6) is 0. The fourth-order valence-electron chi connectivity index (χ4n) is 2.19. The Morgan fingerprint density at radius 3 is 2.65 bits per heavy atom. The molecule has 0 saturated heterocycles. The van der Waals surface area contributed by atoms with Gasteiger partial charge in [-0.25, -0.2) is 4.79 Å². The van der Waals surface area contributed by atoms with E-state index in [4.69, 9.17) is 10.4 Å². The van der Waals surface area contributed by atoms with E-state index in [9.17, 15) is 4.79 Å². The molecule has 0 saturated carbocycles. The van der Waals surface area contributed by atoms with Crippen LogP contribution in [0.15, 0.2) is 54.6 Å². The average molecular weight is 309 g/mol. The highest BCUT2D eigenvalue weighted by atomic mass is 16.3. The molecule has 0 spiro atoms. The minimum atomic E-state index is -0.252. The molecule has 0 fully saturated rings. The van der Waals surface area contributed by atoms with Gasteiger partial charge < -0.3 is 15.3 Å². The van der Waals surface area contributed by atoms with Crippen molar-refractivity contribution in [1.82, 2.24) is 4.90 Å². The maximum absolute atomic E-state index is 12.5. The van der Waals surface area contributed by atoms with Crippen molar-refractivity contribution in [2.45, 2.75) is 13.0 Å². The Hall–Kier alpha value is -2.84. The summed E-state index contributed by atoms with van der Waals surface area (Å²) in [6, 6.07) is 18.3. The number of anilines is 1. The molecule has 5 heteroatoms. The Balaban J connectivity index is 2.08. The zero-order chi connectivity index (χ0) is 16.5. The summed E-state index contributed by atoms with van der Waals surface area (Å²) < 4.78 is 0. The van der Waals surface area contributed by atoms with Crippen molar-refractivity contribution in [1.29, 1.82) is 5.26 Å². The molecule has 0 unspecified atom stereocenters. The molecule has 0 bridgehead atoms. The molecule has 0 heterocycles. The van der Waals surface area contributed by atoms with E-state index >= 15 is 0 Å². The second-order valence-electron chi connectivity index (χ2n) is 5.11. The molecule has 0 aliphatic carbocycles. The van der Waals surface area contributed by atoms with E-state index in [1.165, 1.54) is 0 Å². The Labute approximate surface area is 135 Å². The van der Waals surface area contributed by atoms with Crippen LogP contribution in [-0.4, -0.2) is 29.2 Å². The zero-order valence-corrected chi connectivity index (χ0v) is 12.8. The summed E-state index contributed by atoms with van der Waals surface area (Å²) in [5.41, 5.74) is 2.09.